The van der Waals surface area contributed by atoms with Crippen molar-refractivity contribution in [3.05, 3.63) is 18.0 Å². The molecule has 150 valence electrons. The molecule has 5 heterocycles. The van der Waals surface area contributed by atoms with Crippen LogP contribution < -0.4 is 4.90 Å². The number of anilines is 1. The van der Waals surface area contributed by atoms with E-state index in [2.05, 4.69) is 20.2 Å². The fraction of sp³-hybridized carbons (Fsp3) is 0.684. The molecule has 0 atom stereocenters. The summed E-state index contributed by atoms with van der Waals surface area (Å²) in [6.45, 7) is 6.35. The highest BCUT2D eigenvalue weighted by atomic mass is 16.7. The van der Waals surface area contributed by atoms with Crippen LogP contribution in [0.2, 0.25) is 0 Å². The van der Waals surface area contributed by atoms with Gasteiger partial charge in [0.05, 0.1) is 13.2 Å². The van der Waals surface area contributed by atoms with Gasteiger partial charge in [-0.25, -0.2) is 0 Å². The number of nitrogens with zero attached hydrogens (tertiary/aromatic N) is 6. The zero-order valence-electron chi connectivity index (χ0n) is 16.2. The van der Waals surface area contributed by atoms with E-state index in [1.807, 2.05) is 24.0 Å². The van der Waals surface area contributed by atoms with Crippen molar-refractivity contribution >= 4 is 17.4 Å². The van der Waals surface area contributed by atoms with Crippen LogP contribution in [0.15, 0.2) is 12.1 Å². The van der Waals surface area contributed by atoms with E-state index in [1.54, 1.807) is 4.52 Å². The molecule has 0 unspecified atom stereocenters. The zero-order chi connectivity index (χ0) is 19.1. The lowest BCUT2D eigenvalue weighted by Crippen LogP contribution is -2.50. The number of amides is 1. The van der Waals surface area contributed by atoms with Crippen molar-refractivity contribution < 1.29 is 14.3 Å². The van der Waals surface area contributed by atoms with Crippen molar-refractivity contribution in [1.29, 1.82) is 0 Å². The van der Waals surface area contributed by atoms with Gasteiger partial charge in [0.2, 0.25) is 5.91 Å². The van der Waals surface area contributed by atoms with Crippen LogP contribution in [-0.4, -0.2) is 75.8 Å². The van der Waals surface area contributed by atoms with Gasteiger partial charge in [-0.3, -0.25) is 4.79 Å². The summed E-state index contributed by atoms with van der Waals surface area (Å²) >= 11 is 0. The van der Waals surface area contributed by atoms with E-state index < -0.39 is 5.79 Å². The molecule has 5 rings (SSSR count). The smallest absolute Gasteiger partial charge is 0.225 e. The van der Waals surface area contributed by atoms with Crippen LogP contribution >= 0.6 is 0 Å². The van der Waals surface area contributed by atoms with E-state index >= 15 is 0 Å². The molecule has 3 aliphatic rings. The number of ether oxygens (including phenoxy) is 2. The van der Waals surface area contributed by atoms with Crippen molar-refractivity contribution in [2.75, 3.05) is 44.3 Å². The van der Waals surface area contributed by atoms with Gasteiger partial charge in [0.25, 0.3) is 0 Å². The fourth-order valence-electron chi connectivity index (χ4n) is 4.52. The van der Waals surface area contributed by atoms with Gasteiger partial charge in [-0.2, -0.15) is 4.52 Å². The van der Waals surface area contributed by atoms with Crippen molar-refractivity contribution in [3.63, 3.8) is 0 Å². The lowest BCUT2D eigenvalue weighted by Gasteiger charge is -2.40. The lowest BCUT2D eigenvalue weighted by atomic mass is 9.93. The SMILES string of the molecule is Cc1nnc2ccc(N3CCC(C(=O)N4CCC5(CC4)OCCO5)CC3)nn12. The number of aromatic nitrogens is 4. The summed E-state index contributed by atoms with van der Waals surface area (Å²) in [4.78, 5) is 17.2. The molecule has 3 saturated heterocycles. The quantitative estimate of drug-likeness (QED) is 0.762. The number of hydrogen-bond acceptors (Lipinski definition) is 7. The molecule has 0 aromatic carbocycles. The first-order valence-corrected chi connectivity index (χ1v) is 10.1. The van der Waals surface area contributed by atoms with Crippen LogP contribution in [0.4, 0.5) is 5.82 Å². The van der Waals surface area contributed by atoms with E-state index in [-0.39, 0.29) is 11.8 Å². The average Bonchev–Trinajstić information content (AvgIpc) is 3.35. The molecule has 2 aromatic rings. The van der Waals surface area contributed by atoms with Crippen molar-refractivity contribution in [2.24, 2.45) is 5.92 Å². The third kappa shape index (κ3) is 3.12. The Balaban J connectivity index is 1.18. The van der Waals surface area contributed by atoms with Crippen molar-refractivity contribution in [3.8, 4) is 0 Å². The fourth-order valence-corrected chi connectivity index (χ4v) is 4.52. The normalized spacial score (nSPS) is 23.0. The highest BCUT2D eigenvalue weighted by molar-refractivity contribution is 5.79. The van der Waals surface area contributed by atoms with Gasteiger partial charge in [0, 0.05) is 44.9 Å². The Morgan fingerprint density at radius 3 is 2.50 bits per heavy atom. The maximum atomic E-state index is 13.0. The van der Waals surface area contributed by atoms with Crippen LogP contribution in [-0.2, 0) is 14.3 Å². The summed E-state index contributed by atoms with van der Waals surface area (Å²) in [6.07, 6.45) is 3.27. The summed E-state index contributed by atoms with van der Waals surface area (Å²) in [7, 11) is 0. The summed E-state index contributed by atoms with van der Waals surface area (Å²) in [6, 6.07) is 3.92. The standard InChI is InChI=1S/C19H26N6O3/c1-14-20-21-16-2-3-17(22-25(14)16)23-8-4-15(5-9-23)18(26)24-10-6-19(7-11-24)27-12-13-28-19/h2-3,15H,4-13H2,1H3. The summed E-state index contributed by atoms with van der Waals surface area (Å²) < 4.78 is 13.3. The molecule has 0 saturated carbocycles. The first-order valence-electron chi connectivity index (χ1n) is 10.1. The number of hydrogen-bond donors (Lipinski definition) is 0. The number of carbonyl (C=O) groups excluding carboxylic acids is 1. The minimum Gasteiger partial charge on any atom is -0.355 e. The molecule has 9 nitrogen and oxygen atoms in total. The van der Waals surface area contributed by atoms with E-state index in [9.17, 15) is 4.79 Å². The molecule has 0 N–H and O–H groups in total. The van der Waals surface area contributed by atoms with E-state index in [1.165, 1.54) is 0 Å². The maximum absolute atomic E-state index is 13.0. The Labute approximate surface area is 163 Å². The van der Waals surface area contributed by atoms with Crippen molar-refractivity contribution in [1.82, 2.24) is 24.7 Å². The number of carbonyl (C=O) groups is 1. The van der Waals surface area contributed by atoms with Gasteiger partial charge in [0.1, 0.15) is 5.82 Å². The second kappa shape index (κ2) is 6.97. The van der Waals surface area contributed by atoms with E-state index in [4.69, 9.17) is 9.47 Å². The summed E-state index contributed by atoms with van der Waals surface area (Å²) in [5, 5.41) is 12.8. The van der Waals surface area contributed by atoms with Gasteiger partial charge in [-0.15, -0.1) is 15.3 Å². The predicted octanol–water partition coefficient (Wildman–Crippen LogP) is 1.01. The van der Waals surface area contributed by atoms with Gasteiger partial charge in [-0.05, 0) is 31.9 Å². The van der Waals surface area contributed by atoms with Gasteiger partial charge in [0.15, 0.2) is 17.3 Å². The van der Waals surface area contributed by atoms with Crippen LogP contribution in [0, 0.1) is 12.8 Å². The zero-order valence-corrected chi connectivity index (χ0v) is 16.2. The lowest BCUT2D eigenvalue weighted by molar-refractivity contribution is -0.188. The predicted molar refractivity (Wildman–Crippen MR) is 101 cm³/mol. The molecule has 0 aliphatic carbocycles. The molecule has 0 bridgehead atoms. The largest absolute Gasteiger partial charge is 0.355 e. The number of rotatable bonds is 2. The second-order valence-corrected chi connectivity index (χ2v) is 7.90. The number of likely N-dealkylation sites (tertiary alicyclic amines) is 1. The molecule has 28 heavy (non-hydrogen) atoms. The van der Waals surface area contributed by atoms with E-state index in [0.717, 1.165) is 69.2 Å². The Morgan fingerprint density at radius 1 is 1.07 bits per heavy atom. The number of piperidine rings is 2. The molecule has 3 aliphatic heterocycles. The third-order valence-electron chi connectivity index (χ3n) is 6.22. The van der Waals surface area contributed by atoms with Crippen LogP contribution in [0.3, 0.4) is 0 Å². The molecular formula is C19H26N6O3. The van der Waals surface area contributed by atoms with Gasteiger partial charge in [-0.1, -0.05) is 0 Å². The molecule has 9 heteroatoms. The molecule has 0 radical (unpaired) electrons. The number of aryl methyl sites for hydroxylation is 1. The molecule has 1 spiro atoms. The highest BCUT2D eigenvalue weighted by Gasteiger charge is 2.41. The monoisotopic (exact) mass is 386 g/mol. The van der Waals surface area contributed by atoms with Gasteiger partial charge >= 0.3 is 0 Å². The number of fused-ring (bicyclic) bond motifs is 1. The molecule has 1 amide bonds. The Kier molecular flexibility index (Phi) is 4.43. The first kappa shape index (κ1) is 17.8. The highest BCUT2D eigenvalue weighted by Crippen LogP contribution is 2.32. The summed E-state index contributed by atoms with van der Waals surface area (Å²) in [5.74, 6) is 1.64. The van der Waals surface area contributed by atoms with Crippen LogP contribution in [0.25, 0.3) is 5.65 Å². The van der Waals surface area contributed by atoms with E-state index in [0.29, 0.717) is 13.2 Å². The minimum atomic E-state index is -0.426. The average molecular weight is 386 g/mol. The Bertz CT molecular complexity index is 860. The maximum Gasteiger partial charge on any atom is 0.225 e. The van der Waals surface area contributed by atoms with Crippen LogP contribution in [0.1, 0.15) is 31.5 Å². The minimum absolute atomic E-state index is 0.0936. The first-order chi connectivity index (χ1) is 13.6. The topological polar surface area (TPSA) is 85.1 Å². The molecule has 3 fully saturated rings. The second-order valence-electron chi connectivity index (χ2n) is 7.90. The summed E-state index contributed by atoms with van der Waals surface area (Å²) in [5.41, 5.74) is 0.754. The molecule has 2 aromatic heterocycles. The van der Waals surface area contributed by atoms with Crippen molar-refractivity contribution in [2.45, 2.75) is 38.4 Å². The van der Waals surface area contributed by atoms with Gasteiger partial charge < -0.3 is 19.3 Å². The Morgan fingerprint density at radius 2 is 1.79 bits per heavy atom. The molecular weight excluding hydrogens is 360 g/mol. The van der Waals surface area contributed by atoms with Crippen LogP contribution in [0.5, 0.6) is 0 Å². The Hall–Kier alpha value is -2.26. The third-order valence-corrected chi connectivity index (χ3v) is 6.22.